The second-order valence-electron chi connectivity index (χ2n) is 3.82. The van der Waals surface area contributed by atoms with E-state index in [-0.39, 0.29) is 5.60 Å². The van der Waals surface area contributed by atoms with Crippen molar-refractivity contribution in [1.82, 2.24) is 0 Å². The fraction of sp³-hybridized carbons (Fsp3) is 0.400. The summed E-state index contributed by atoms with van der Waals surface area (Å²) in [6.45, 7) is 2.62. The molecule has 1 atom stereocenters. The Hall–Kier alpha value is -0.870. The van der Waals surface area contributed by atoms with Gasteiger partial charge < -0.3 is 4.74 Å². The molecule has 1 unspecified atom stereocenters. The standard InChI is InChI=1S/C10H12O3S/c1-10(7-13-10)8-4-3-5-9(6-8)14(2,11)12/h3-6H,7H2,1-2H3. The van der Waals surface area contributed by atoms with E-state index in [0.29, 0.717) is 11.5 Å². The zero-order chi connectivity index (χ0) is 10.4. The van der Waals surface area contributed by atoms with Crippen LogP contribution in [0.5, 0.6) is 0 Å². The van der Waals surface area contributed by atoms with E-state index < -0.39 is 9.84 Å². The van der Waals surface area contributed by atoms with Crippen LogP contribution in [0.3, 0.4) is 0 Å². The van der Waals surface area contributed by atoms with Gasteiger partial charge in [-0.2, -0.15) is 0 Å². The molecule has 14 heavy (non-hydrogen) atoms. The summed E-state index contributed by atoms with van der Waals surface area (Å²) in [6, 6.07) is 6.92. The first-order valence-corrected chi connectivity index (χ1v) is 6.25. The van der Waals surface area contributed by atoms with Crippen molar-refractivity contribution in [3.05, 3.63) is 29.8 Å². The van der Waals surface area contributed by atoms with Crippen molar-refractivity contribution in [2.45, 2.75) is 17.4 Å². The Balaban J connectivity index is 2.47. The summed E-state index contributed by atoms with van der Waals surface area (Å²) in [7, 11) is -3.11. The van der Waals surface area contributed by atoms with Crippen LogP contribution in [0.1, 0.15) is 12.5 Å². The smallest absolute Gasteiger partial charge is 0.175 e. The predicted molar refractivity (Wildman–Crippen MR) is 52.9 cm³/mol. The maximum atomic E-state index is 11.3. The first-order chi connectivity index (χ1) is 6.42. The third-order valence-corrected chi connectivity index (χ3v) is 3.56. The molecule has 0 N–H and O–H groups in total. The van der Waals surface area contributed by atoms with Gasteiger partial charge in [-0.05, 0) is 24.6 Å². The van der Waals surface area contributed by atoms with Crippen LogP contribution in [0.15, 0.2) is 29.2 Å². The fourth-order valence-corrected chi connectivity index (χ4v) is 2.00. The van der Waals surface area contributed by atoms with E-state index in [1.807, 2.05) is 13.0 Å². The Morgan fingerprint density at radius 1 is 1.43 bits per heavy atom. The lowest BCUT2D eigenvalue weighted by Gasteiger charge is -2.06. The van der Waals surface area contributed by atoms with Crippen LogP contribution in [0, 0.1) is 0 Å². The van der Waals surface area contributed by atoms with Gasteiger partial charge in [-0.3, -0.25) is 0 Å². The highest BCUT2D eigenvalue weighted by atomic mass is 32.2. The monoisotopic (exact) mass is 212 g/mol. The van der Waals surface area contributed by atoms with Crippen molar-refractivity contribution < 1.29 is 13.2 Å². The second kappa shape index (κ2) is 2.81. The average molecular weight is 212 g/mol. The van der Waals surface area contributed by atoms with Gasteiger partial charge in [0.25, 0.3) is 0 Å². The first-order valence-electron chi connectivity index (χ1n) is 4.36. The number of rotatable bonds is 2. The number of ether oxygens (including phenoxy) is 1. The molecule has 1 aliphatic heterocycles. The van der Waals surface area contributed by atoms with Gasteiger partial charge in [-0.15, -0.1) is 0 Å². The van der Waals surface area contributed by atoms with Crippen LogP contribution >= 0.6 is 0 Å². The maximum absolute atomic E-state index is 11.3. The minimum Gasteiger partial charge on any atom is -0.365 e. The van der Waals surface area contributed by atoms with Crippen molar-refractivity contribution in [3.8, 4) is 0 Å². The quantitative estimate of drug-likeness (QED) is 0.695. The van der Waals surface area contributed by atoms with E-state index in [4.69, 9.17) is 4.74 Å². The Bertz CT molecular complexity index is 458. The average Bonchev–Trinajstić information content (AvgIpc) is 2.84. The summed E-state index contributed by atoms with van der Waals surface area (Å²) in [4.78, 5) is 0.353. The molecule has 76 valence electrons. The number of sulfone groups is 1. The van der Waals surface area contributed by atoms with Crippen LogP contribution < -0.4 is 0 Å². The molecular formula is C10H12O3S. The Morgan fingerprint density at radius 2 is 2.07 bits per heavy atom. The van der Waals surface area contributed by atoms with Gasteiger partial charge in [0.2, 0.25) is 0 Å². The van der Waals surface area contributed by atoms with Crippen LogP contribution in [-0.2, 0) is 20.2 Å². The van der Waals surface area contributed by atoms with Gasteiger partial charge in [0.05, 0.1) is 11.5 Å². The lowest BCUT2D eigenvalue weighted by molar-refractivity contribution is 0.329. The molecule has 1 aliphatic rings. The van der Waals surface area contributed by atoms with Crippen LogP contribution in [0.25, 0.3) is 0 Å². The largest absolute Gasteiger partial charge is 0.365 e. The normalized spacial score (nSPS) is 26.1. The fourth-order valence-electron chi connectivity index (χ4n) is 1.33. The number of hydrogen-bond donors (Lipinski definition) is 0. The van der Waals surface area contributed by atoms with Gasteiger partial charge >= 0.3 is 0 Å². The number of epoxide rings is 1. The number of benzene rings is 1. The highest BCUT2D eigenvalue weighted by molar-refractivity contribution is 7.90. The van der Waals surface area contributed by atoms with Crippen LogP contribution in [0.2, 0.25) is 0 Å². The van der Waals surface area contributed by atoms with Gasteiger partial charge in [0.1, 0.15) is 5.60 Å². The molecule has 0 amide bonds. The molecule has 1 aromatic carbocycles. The van der Waals surface area contributed by atoms with Crippen LogP contribution in [-0.4, -0.2) is 21.3 Å². The molecule has 0 aromatic heterocycles. The topological polar surface area (TPSA) is 46.7 Å². The van der Waals surface area contributed by atoms with Gasteiger partial charge in [0.15, 0.2) is 9.84 Å². The predicted octanol–water partition coefficient (Wildman–Crippen LogP) is 1.34. The summed E-state index contributed by atoms with van der Waals surface area (Å²) in [5.74, 6) is 0. The second-order valence-corrected chi connectivity index (χ2v) is 5.84. The summed E-state index contributed by atoms with van der Waals surface area (Å²) in [5, 5.41) is 0. The van der Waals surface area contributed by atoms with E-state index in [0.717, 1.165) is 5.56 Å². The molecule has 2 rings (SSSR count). The molecule has 0 bridgehead atoms. The molecule has 1 aromatic rings. The third kappa shape index (κ3) is 1.67. The molecule has 1 saturated heterocycles. The molecule has 4 heteroatoms. The summed E-state index contributed by atoms with van der Waals surface area (Å²) >= 11 is 0. The van der Waals surface area contributed by atoms with Crippen molar-refractivity contribution >= 4 is 9.84 Å². The Kier molecular flexibility index (Phi) is 1.94. The van der Waals surface area contributed by atoms with Crippen molar-refractivity contribution in [2.24, 2.45) is 0 Å². The Labute approximate surface area is 83.6 Å². The Morgan fingerprint density at radius 3 is 2.57 bits per heavy atom. The molecule has 1 fully saturated rings. The van der Waals surface area contributed by atoms with Gasteiger partial charge in [0, 0.05) is 6.26 Å². The van der Waals surface area contributed by atoms with Crippen molar-refractivity contribution in [2.75, 3.05) is 12.9 Å². The van der Waals surface area contributed by atoms with Gasteiger partial charge in [-0.1, -0.05) is 12.1 Å². The molecule has 0 spiro atoms. The number of hydrogen-bond acceptors (Lipinski definition) is 3. The molecular weight excluding hydrogens is 200 g/mol. The lowest BCUT2D eigenvalue weighted by atomic mass is 10.0. The third-order valence-electron chi connectivity index (χ3n) is 2.45. The minimum absolute atomic E-state index is 0.263. The molecule has 3 nitrogen and oxygen atoms in total. The summed E-state index contributed by atoms with van der Waals surface area (Å²) in [6.07, 6.45) is 1.21. The lowest BCUT2D eigenvalue weighted by Crippen LogP contribution is -2.04. The molecule has 1 heterocycles. The summed E-state index contributed by atoms with van der Waals surface area (Å²) < 4.78 is 27.8. The van der Waals surface area contributed by atoms with E-state index in [1.54, 1.807) is 18.2 Å². The molecule has 0 radical (unpaired) electrons. The minimum atomic E-state index is -3.11. The van der Waals surface area contributed by atoms with Crippen molar-refractivity contribution in [1.29, 1.82) is 0 Å². The SMILES string of the molecule is CC1(c2cccc(S(C)(=O)=O)c2)CO1. The molecule has 0 saturated carbocycles. The maximum Gasteiger partial charge on any atom is 0.175 e. The summed E-state index contributed by atoms with van der Waals surface area (Å²) in [5.41, 5.74) is 0.668. The molecule has 0 aliphatic carbocycles. The van der Waals surface area contributed by atoms with Crippen molar-refractivity contribution in [3.63, 3.8) is 0 Å². The van der Waals surface area contributed by atoms with Gasteiger partial charge in [-0.25, -0.2) is 8.42 Å². The highest BCUT2D eigenvalue weighted by Crippen LogP contribution is 2.38. The van der Waals surface area contributed by atoms with E-state index in [2.05, 4.69) is 0 Å². The van der Waals surface area contributed by atoms with E-state index in [1.165, 1.54) is 6.26 Å². The zero-order valence-corrected chi connectivity index (χ0v) is 8.97. The van der Waals surface area contributed by atoms with Crippen LogP contribution in [0.4, 0.5) is 0 Å². The highest BCUT2D eigenvalue weighted by Gasteiger charge is 2.41. The first kappa shape index (κ1) is 9.68. The zero-order valence-electron chi connectivity index (χ0n) is 8.15. The van der Waals surface area contributed by atoms with E-state index >= 15 is 0 Å². The van der Waals surface area contributed by atoms with E-state index in [9.17, 15) is 8.42 Å².